The van der Waals surface area contributed by atoms with E-state index in [4.69, 9.17) is 16.3 Å². The molecule has 0 radical (unpaired) electrons. The molecule has 3 nitrogen and oxygen atoms in total. The maximum absolute atomic E-state index is 12.6. The van der Waals surface area contributed by atoms with Crippen LogP contribution in [-0.2, 0) is 16.0 Å². The van der Waals surface area contributed by atoms with Gasteiger partial charge in [0.2, 0.25) is 0 Å². The largest absolute Gasteiger partial charge is 0.496 e. The van der Waals surface area contributed by atoms with E-state index in [2.05, 4.69) is 4.74 Å². The van der Waals surface area contributed by atoms with Crippen molar-refractivity contribution in [1.82, 2.24) is 0 Å². The molecule has 0 aliphatic carbocycles. The van der Waals surface area contributed by atoms with Crippen molar-refractivity contribution in [3.63, 3.8) is 0 Å². The SMILES string of the molecule is COc1ccc(Cl)cc1CC(=O)COCC(F)(F)C(F)F. The monoisotopic (exact) mass is 328 g/mol. The first kappa shape index (κ1) is 17.7. The van der Waals surface area contributed by atoms with Gasteiger partial charge in [-0.2, -0.15) is 8.78 Å². The molecule has 0 heterocycles. The Morgan fingerprint density at radius 3 is 2.62 bits per heavy atom. The van der Waals surface area contributed by atoms with Crippen molar-refractivity contribution in [3.05, 3.63) is 28.8 Å². The number of benzene rings is 1. The summed E-state index contributed by atoms with van der Waals surface area (Å²) < 4.78 is 58.3. The smallest absolute Gasteiger partial charge is 0.330 e. The van der Waals surface area contributed by atoms with Crippen LogP contribution in [0.25, 0.3) is 0 Å². The minimum absolute atomic E-state index is 0.163. The van der Waals surface area contributed by atoms with Crippen LogP contribution in [0.5, 0.6) is 5.75 Å². The Hall–Kier alpha value is -1.34. The zero-order chi connectivity index (χ0) is 16.0. The molecule has 0 aliphatic heterocycles. The number of ether oxygens (including phenoxy) is 2. The van der Waals surface area contributed by atoms with Gasteiger partial charge in [0.1, 0.15) is 19.0 Å². The van der Waals surface area contributed by atoms with E-state index in [9.17, 15) is 22.4 Å². The number of rotatable bonds is 8. The molecular formula is C13H13ClF4O3. The molecule has 0 N–H and O–H groups in total. The highest BCUT2D eigenvalue weighted by molar-refractivity contribution is 6.30. The van der Waals surface area contributed by atoms with Crippen LogP contribution >= 0.6 is 11.6 Å². The minimum Gasteiger partial charge on any atom is -0.496 e. The topological polar surface area (TPSA) is 35.5 Å². The molecule has 0 saturated heterocycles. The van der Waals surface area contributed by atoms with Crippen molar-refractivity contribution in [3.8, 4) is 5.75 Å². The van der Waals surface area contributed by atoms with Crippen LogP contribution in [0.1, 0.15) is 5.56 Å². The van der Waals surface area contributed by atoms with Gasteiger partial charge in [0.05, 0.1) is 7.11 Å². The van der Waals surface area contributed by atoms with Crippen LogP contribution in [0.3, 0.4) is 0 Å². The number of alkyl halides is 4. The molecule has 0 amide bonds. The van der Waals surface area contributed by atoms with Gasteiger partial charge >= 0.3 is 12.3 Å². The van der Waals surface area contributed by atoms with Crippen molar-refractivity contribution in [2.75, 3.05) is 20.3 Å². The molecule has 8 heteroatoms. The van der Waals surface area contributed by atoms with Crippen LogP contribution in [0.2, 0.25) is 5.02 Å². The fourth-order valence-electron chi connectivity index (χ4n) is 1.51. The first-order valence-electron chi connectivity index (χ1n) is 5.84. The molecule has 0 unspecified atom stereocenters. The normalized spacial score (nSPS) is 11.8. The summed E-state index contributed by atoms with van der Waals surface area (Å²) in [6.45, 7) is -2.21. The van der Waals surface area contributed by atoms with Gasteiger partial charge < -0.3 is 9.47 Å². The van der Waals surface area contributed by atoms with Gasteiger partial charge in [0, 0.05) is 17.0 Å². The molecule has 0 fully saturated rings. The molecule has 1 rings (SSSR count). The van der Waals surface area contributed by atoms with E-state index in [-0.39, 0.29) is 6.42 Å². The Labute approximate surface area is 123 Å². The summed E-state index contributed by atoms with van der Waals surface area (Å²) in [7, 11) is 1.40. The van der Waals surface area contributed by atoms with Gasteiger partial charge in [-0.15, -0.1) is 0 Å². The molecule has 0 aromatic heterocycles. The lowest BCUT2D eigenvalue weighted by Crippen LogP contribution is -2.33. The standard InChI is InChI=1S/C13H13ClF4O3/c1-20-11-3-2-9(14)4-8(11)5-10(19)6-21-7-13(17,18)12(15)16/h2-4,12H,5-7H2,1H3. The predicted molar refractivity (Wildman–Crippen MR) is 68.5 cm³/mol. The molecule has 0 atom stereocenters. The fraction of sp³-hybridized carbons (Fsp3) is 0.462. The van der Waals surface area contributed by atoms with E-state index < -0.39 is 31.3 Å². The predicted octanol–water partition coefficient (Wildman–Crippen LogP) is 3.38. The van der Waals surface area contributed by atoms with Crippen LogP contribution in [0.15, 0.2) is 18.2 Å². The fourth-order valence-corrected chi connectivity index (χ4v) is 1.71. The number of ketones is 1. The highest BCUT2D eigenvalue weighted by atomic mass is 35.5. The van der Waals surface area contributed by atoms with Crippen LogP contribution in [-0.4, -0.2) is 38.5 Å². The maximum atomic E-state index is 12.6. The highest BCUT2D eigenvalue weighted by Crippen LogP contribution is 2.24. The Kier molecular flexibility index (Phi) is 6.42. The summed E-state index contributed by atoms with van der Waals surface area (Å²) in [5.74, 6) is -4.42. The minimum atomic E-state index is -4.27. The Balaban J connectivity index is 2.53. The Morgan fingerprint density at radius 1 is 1.38 bits per heavy atom. The second-order valence-electron chi connectivity index (χ2n) is 4.23. The molecule has 0 bridgehead atoms. The molecular weight excluding hydrogens is 316 g/mol. The number of carbonyl (C=O) groups excluding carboxylic acids is 1. The maximum Gasteiger partial charge on any atom is 0.330 e. The average Bonchev–Trinajstić information content (AvgIpc) is 2.38. The van der Waals surface area contributed by atoms with E-state index >= 15 is 0 Å². The quantitative estimate of drug-likeness (QED) is 0.686. The van der Waals surface area contributed by atoms with Crippen molar-refractivity contribution in [1.29, 1.82) is 0 Å². The van der Waals surface area contributed by atoms with Crippen molar-refractivity contribution < 1.29 is 31.8 Å². The molecule has 21 heavy (non-hydrogen) atoms. The molecule has 1 aromatic carbocycles. The summed E-state index contributed by atoms with van der Waals surface area (Å²) in [4.78, 5) is 11.6. The second-order valence-corrected chi connectivity index (χ2v) is 4.66. The number of carbonyl (C=O) groups is 1. The third kappa shape index (κ3) is 5.51. The molecule has 1 aromatic rings. The van der Waals surface area contributed by atoms with Gasteiger partial charge in [0.25, 0.3) is 0 Å². The summed E-state index contributed by atoms with van der Waals surface area (Å²) in [5, 5.41) is 0.378. The number of methoxy groups -OCH3 is 1. The number of halogens is 5. The Bertz CT molecular complexity index is 494. The average molecular weight is 329 g/mol. The highest BCUT2D eigenvalue weighted by Gasteiger charge is 2.41. The van der Waals surface area contributed by atoms with Crippen molar-refractivity contribution >= 4 is 17.4 Å². The zero-order valence-electron chi connectivity index (χ0n) is 11.0. The second kappa shape index (κ2) is 7.61. The number of hydrogen-bond acceptors (Lipinski definition) is 3. The first-order valence-corrected chi connectivity index (χ1v) is 6.22. The molecule has 118 valence electrons. The summed E-state index contributed by atoms with van der Waals surface area (Å²) in [5.41, 5.74) is 0.458. The third-order valence-electron chi connectivity index (χ3n) is 2.51. The van der Waals surface area contributed by atoms with E-state index in [1.54, 1.807) is 12.1 Å². The molecule has 0 aliphatic rings. The summed E-state index contributed by atoms with van der Waals surface area (Å²) >= 11 is 5.78. The third-order valence-corrected chi connectivity index (χ3v) is 2.74. The lowest BCUT2D eigenvalue weighted by atomic mass is 10.1. The van der Waals surface area contributed by atoms with E-state index in [1.165, 1.54) is 13.2 Å². The van der Waals surface area contributed by atoms with Gasteiger partial charge in [-0.25, -0.2) is 8.78 Å². The van der Waals surface area contributed by atoms with E-state index in [1.807, 2.05) is 0 Å². The van der Waals surface area contributed by atoms with Crippen molar-refractivity contribution in [2.45, 2.75) is 18.8 Å². The van der Waals surface area contributed by atoms with Gasteiger partial charge in [-0.3, -0.25) is 4.79 Å². The van der Waals surface area contributed by atoms with Crippen LogP contribution in [0, 0.1) is 0 Å². The number of Topliss-reactive ketones (excluding diaryl/α,β-unsaturated/α-hetero) is 1. The van der Waals surface area contributed by atoms with Crippen LogP contribution < -0.4 is 4.74 Å². The number of hydrogen-bond donors (Lipinski definition) is 0. The molecule has 0 spiro atoms. The van der Waals surface area contributed by atoms with Gasteiger partial charge in [-0.05, 0) is 18.2 Å². The zero-order valence-corrected chi connectivity index (χ0v) is 11.8. The summed E-state index contributed by atoms with van der Waals surface area (Å²) in [6.07, 6.45) is -4.00. The van der Waals surface area contributed by atoms with Gasteiger partial charge in [0.15, 0.2) is 5.78 Å². The molecule has 0 saturated carbocycles. The Morgan fingerprint density at radius 2 is 2.05 bits per heavy atom. The van der Waals surface area contributed by atoms with Crippen molar-refractivity contribution in [2.24, 2.45) is 0 Å². The summed E-state index contributed by atoms with van der Waals surface area (Å²) in [6, 6.07) is 4.61. The first-order chi connectivity index (χ1) is 9.76. The lowest BCUT2D eigenvalue weighted by Gasteiger charge is -2.15. The van der Waals surface area contributed by atoms with Gasteiger partial charge in [-0.1, -0.05) is 11.6 Å². The lowest BCUT2D eigenvalue weighted by molar-refractivity contribution is -0.168. The van der Waals surface area contributed by atoms with Crippen LogP contribution in [0.4, 0.5) is 17.6 Å². The van der Waals surface area contributed by atoms with E-state index in [0.29, 0.717) is 16.3 Å². The van der Waals surface area contributed by atoms with E-state index in [0.717, 1.165) is 0 Å².